The molecule has 1 saturated heterocycles. The summed E-state index contributed by atoms with van der Waals surface area (Å²) < 4.78 is 24.7. The van der Waals surface area contributed by atoms with E-state index in [0.29, 0.717) is 40.5 Å². The second-order valence-electron chi connectivity index (χ2n) is 9.32. The van der Waals surface area contributed by atoms with Crippen molar-refractivity contribution in [3.8, 4) is 0 Å². The number of nitrogens with one attached hydrogen (secondary N) is 1. The lowest BCUT2D eigenvalue weighted by atomic mass is 9.71. The van der Waals surface area contributed by atoms with Crippen molar-refractivity contribution in [3.05, 3.63) is 93.0 Å². The number of allylic oxidation sites excluding steroid dienone is 3. The normalized spacial score (nSPS) is 24.3. The minimum absolute atomic E-state index is 0.0603. The third-order valence-corrected chi connectivity index (χ3v) is 7.37. The van der Waals surface area contributed by atoms with Crippen LogP contribution >= 0.6 is 11.6 Å². The molecule has 0 amide bonds. The van der Waals surface area contributed by atoms with Crippen LogP contribution in [-0.2, 0) is 19.1 Å². The fourth-order valence-corrected chi connectivity index (χ4v) is 5.57. The molecule has 2 aromatic carbocycles. The van der Waals surface area contributed by atoms with Crippen molar-refractivity contribution in [3.63, 3.8) is 0 Å². The van der Waals surface area contributed by atoms with Gasteiger partial charge in [0.25, 0.3) is 0 Å². The molecule has 2 aromatic rings. The Hall–Kier alpha value is -2.96. The molecule has 0 unspecified atom stereocenters. The minimum atomic E-state index is -0.626. The lowest BCUT2D eigenvalue weighted by Crippen LogP contribution is -2.36. The number of esters is 1. The van der Waals surface area contributed by atoms with E-state index in [1.807, 2.05) is 25.1 Å². The first-order valence-corrected chi connectivity index (χ1v) is 12.3. The Kier molecular flexibility index (Phi) is 6.76. The second kappa shape index (κ2) is 9.96. The number of ether oxygens (including phenoxy) is 2. The van der Waals surface area contributed by atoms with Crippen LogP contribution < -0.4 is 5.32 Å². The number of Topliss-reactive ketones (excluding diaryl/α,β-unsaturated/α-hetero) is 1. The van der Waals surface area contributed by atoms with Gasteiger partial charge in [0.2, 0.25) is 0 Å². The molecule has 7 heteroatoms. The monoisotopic (exact) mass is 495 g/mol. The average molecular weight is 496 g/mol. The van der Waals surface area contributed by atoms with Crippen LogP contribution in [0.5, 0.6) is 0 Å². The summed E-state index contributed by atoms with van der Waals surface area (Å²) in [4.78, 5) is 27.0. The van der Waals surface area contributed by atoms with Crippen LogP contribution in [0.1, 0.15) is 55.6 Å². The molecule has 0 radical (unpaired) electrons. The third-order valence-electron chi connectivity index (χ3n) is 7.03. The summed E-state index contributed by atoms with van der Waals surface area (Å²) in [7, 11) is 0. The predicted octanol–water partition coefficient (Wildman–Crippen LogP) is 5.56. The van der Waals surface area contributed by atoms with Gasteiger partial charge in [0.1, 0.15) is 12.4 Å². The number of hydrogen-bond donors (Lipinski definition) is 1. The number of hydrogen-bond acceptors (Lipinski definition) is 5. The molecule has 3 atom stereocenters. The molecule has 0 aromatic heterocycles. The Labute approximate surface area is 208 Å². The van der Waals surface area contributed by atoms with Crippen molar-refractivity contribution in [2.75, 3.05) is 13.2 Å². The van der Waals surface area contributed by atoms with E-state index in [1.165, 1.54) is 12.1 Å². The quantitative estimate of drug-likeness (QED) is 0.550. The highest BCUT2D eigenvalue weighted by molar-refractivity contribution is 6.31. The molecule has 2 aliphatic heterocycles. The summed E-state index contributed by atoms with van der Waals surface area (Å²) >= 11 is 6.59. The molecule has 0 saturated carbocycles. The van der Waals surface area contributed by atoms with E-state index in [-0.39, 0.29) is 36.7 Å². The molecule has 5 rings (SSSR count). The summed E-state index contributed by atoms with van der Waals surface area (Å²) in [5.41, 5.74) is 3.95. The van der Waals surface area contributed by atoms with Gasteiger partial charge in [-0.25, -0.2) is 9.18 Å². The maximum atomic E-state index is 13.6. The Morgan fingerprint density at radius 1 is 1.17 bits per heavy atom. The Morgan fingerprint density at radius 2 is 1.94 bits per heavy atom. The first kappa shape index (κ1) is 23.8. The number of carbonyl (C=O) groups is 2. The number of rotatable bonds is 5. The molecule has 1 aliphatic carbocycles. The zero-order chi connectivity index (χ0) is 24.5. The van der Waals surface area contributed by atoms with E-state index in [4.69, 9.17) is 21.1 Å². The van der Waals surface area contributed by atoms with Gasteiger partial charge in [-0.05, 0) is 61.4 Å². The molecule has 35 heavy (non-hydrogen) atoms. The van der Waals surface area contributed by atoms with E-state index >= 15 is 0 Å². The summed E-state index contributed by atoms with van der Waals surface area (Å²) in [6.07, 6.45) is 2.55. The van der Waals surface area contributed by atoms with E-state index in [1.54, 1.807) is 18.2 Å². The van der Waals surface area contributed by atoms with Crippen molar-refractivity contribution in [1.29, 1.82) is 0 Å². The van der Waals surface area contributed by atoms with Crippen LogP contribution in [-0.4, -0.2) is 31.1 Å². The Balaban J connectivity index is 1.51. The summed E-state index contributed by atoms with van der Waals surface area (Å²) in [5.74, 6) is -1.55. The van der Waals surface area contributed by atoms with Crippen LogP contribution in [0.25, 0.3) is 0 Å². The van der Waals surface area contributed by atoms with Gasteiger partial charge in [0.15, 0.2) is 5.78 Å². The highest BCUT2D eigenvalue weighted by atomic mass is 35.5. The number of ketones is 1. The van der Waals surface area contributed by atoms with Crippen LogP contribution in [0.2, 0.25) is 5.02 Å². The van der Waals surface area contributed by atoms with Crippen LogP contribution in [0, 0.1) is 5.82 Å². The largest absolute Gasteiger partial charge is 0.459 e. The van der Waals surface area contributed by atoms with Gasteiger partial charge in [-0.3, -0.25) is 4.79 Å². The fourth-order valence-electron chi connectivity index (χ4n) is 5.32. The van der Waals surface area contributed by atoms with Gasteiger partial charge in [0, 0.05) is 40.9 Å². The number of carbonyl (C=O) groups excluding carboxylic acids is 2. The van der Waals surface area contributed by atoms with Gasteiger partial charge >= 0.3 is 5.97 Å². The summed E-state index contributed by atoms with van der Waals surface area (Å²) in [6, 6.07) is 13.6. The van der Waals surface area contributed by atoms with Gasteiger partial charge in [-0.2, -0.15) is 0 Å². The standard InChI is InChI=1S/C28H27ClFNO4/c1-16-25(28(33)35-15-20-5-4-12-34-20)26(21-6-2-3-7-22(21)29)27-23(31-16)13-18(14-24(27)32)17-8-10-19(30)11-9-17/h2-3,6-11,18,20,26,31H,4-5,12-15H2,1H3/t18-,20-,26-/m0/s1. The van der Waals surface area contributed by atoms with Crippen LogP contribution in [0.4, 0.5) is 4.39 Å². The SMILES string of the molecule is CC1=C(C(=O)OC[C@@H]2CCCO2)[C@H](c2ccccc2Cl)C2=C(C[C@H](c3ccc(F)cc3)CC2=O)N1. The molecular formula is C28H27ClFNO4. The van der Waals surface area contributed by atoms with Gasteiger partial charge in [-0.15, -0.1) is 0 Å². The number of halogens is 2. The molecule has 0 bridgehead atoms. The van der Waals surface area contributed by atoms with Gasteiger partial charge < -0.3 is 14.8 Å². The minimum Gasteiger partial charge on any atom is -0.459 e. The molecule has 182 valence electrons. The number of benzene rings is 2. The molecule has 2 heterocycles. The van der Waals surface area contributed by atoms with Crippen molar-refractivity contribution in [1.82, 2.24) is 5.32 Å². The predicted molar refractivity (Wildman–Crippen MR) is 130 cm³/mol. The van der Waals surface area contributed by atoms with Crippen molar-refractivity contribution >= 4 is 23.4 Å². The first-order valence-electron chi connectivity index (χ1n) is 11.9. The van der Waals surface area contributed by atoms with Crippen LogP contribution in [0.15, 0.2) is 71.1 Å². The molecular weight excluding hydrogens is 469 g/mol. The molecule has 5 nitrogen and oxygen atoms in total. The summed E-state index contributed by atoms with van der Waals surface area (Å²) in [5, 5.41) is 3.81. The number of dihydropyridines is 1. The van der Waals surface area contributed by atoms with Gasteiger partial charge in [0.05, 0.1) is 11.7 Å². The highest BCUT2D eigenvalue weighted by Crippen LogP contribution is 2.47. The lowest BCUT2D eigenvalue weighted by Gasteiger charge is -2.37. The lowest BCUT2D eigenvalue weighted by molar-refractivity contribution is -0.142. The van der Waals surface area contributed by atoms with Crippen molar-refractivity contribution in [2.24, 2.45) is 0 Å². The second-order valence-corrected chi connectivity index (χ2v) is 9.73. The van der Waals surface area contributed by atoms with Crippen molar-refractivity contribution in [2.45, 2.75) is 50.5 Å². The molecule has 1 N–H and O–H groups in total. The van der Waals surface area contributed by atoms with E-state index in [2.05, 4.69) is 5.32 Å². The zero-order valence-corrected chi connectivity index (χ0v) is 20.2. The highest BCUT2D eigenvalue weighted by Gasteiger charge is 2.42. The molecule has 3 aliphatic rings. The Bertz CT molecular complexity index is 1210. The maximum absolute atomic E-state index is 13.6. The van der Waals surface area contributed by atoms with E-state index in [0.717, 1.165) is 24.1 Å². The fraction of sp³-hybridized carbons (Fsp3) is 0.357. The molecule has 1 fully saturated rings. The first-order chi connectivity index (χ1) is 16.9. The van der Waals surface area contributed by atoms with Crippen LogP contribution in [0.3, 0.4) is 0 Å². The molecule has 0 spiro atoms. The summed E-state index contributed by atoms with van der Waals surface area (Å²) in [6.45, 7) is 2.67. The van der Waals surface area contributed by atoms with E-state index < -0.39 is 11.9 Å². The average Bonchev–Trinajstić information content (AvgIpc) is 3.36. The third kappa shape index (κ3) is 4.78. The van der Waals surface area contributed by atoms with E-state index in [9.17, 15) is 14.0 Å². The van der Waals surface area contributed by atoms with Crippen molar-refractivity contribution < 1.29 is 23.5 Å². The maximum Gasteiger partial charge on any atom is 0.336 e. The smallest absolute Gasteiger partial charge is 0.336 e. The topological polar surface area (TPSA) is 64.6 Å². The van der Waals surface area contributed by atoms with Gasteiger partial charge in [-0.1, -0.05) is 41.9 Å². The Morgan fingerprint density at radius 3 is 2.66 bits per heavy atom. The zero-order valence-electron chi connectivity index (χ0n) is 19.5.